The molecule has 22 heavy (non-hydrogen) atoms. The van der Waals surface area contributed by atoms with Gasteiger partial charge >= 0.3 is 11.9 Å². The third kappa shape index (κ3) is 3.61. The van der Waals surface area contributed by atoms with E-state index in [0.717, 1.165) is 11.1 Å². The maximum absolute atomic E-state index is 12.0. The van der Waals surface area contributed by atoms with Gasteiger partial charge < -0.3 is 9.47 Å². The summed E-state index contributed by atoms with van der Waals surface area (Å²) in [5.74, 6) is -0.810. The first kappa shape index (κ1) is 15.5. The predicted octanol–water partition coefficient (Wildman–Crippen LogP) is 3.19. The molecule has 0 aliphatic rings. The zero-order valence-corrected chi connectivity index (χ0v) is 12.4. The highest BCUT2D eigenvalue weighted by Gasteiger charge is 2.12. The number of hydrogen-bond donors (Lipinski definition) is 0. The van der Waals surface area contributed by atoms with Crippen molar-refractivity contribution in [2.45, 2.75) is 0 Å². The monoisotopic (exact) mass is 296 g/mol. The fourth-order valence-electron chi connectivity index (χ4n) is 1.99. The summed E-state index contributed by atoms with van der Waals surface area (Å²) in [6.45, 7) is 0. The molecule has 2 aromatic rings. The number of ether oxygens (including phenoxy) is 2. The van der Waals surface area contributed by atoms with Crippen LogP contribution in [-0.2, 0) is 14.3 Å². The molecule has 4 heteroatoms. The largest absolute Gasteiger partial charge is 0.465 e. The molecule has 4 nitrogen and oxygen atoms in total. The van der Waals surface area contributed by atoms with Crippen molar-refractivity contribution in [3.8, 4) is 0 Å². The van der Waals surface area contributed by atoms with Crippen molar-refractivity contribution in [3.63, 3.8) is 0 Å². The van der Waals surface area contributed by atoms with Crippen LogP contribution in [0.5, 0.6) is 0 Å². The van der Waals surface area contributed by atoms with Crippen molar-refractivity contribution in [1.82, 2.24) is 0 Å². The predicted molar refractivity (Wildman–Crippen MR) is 84.1 cm³/mol. The van der Waals surface area contributed by atoms with Crippen LogP contribution in [0.3, 0.4) is 0 Å². The molecular formula is C18H16O4. The Labute approximate surface area is 129 Å². The van der Waals surface area contributed by atoms with E-state index in [1.807, 2.05) is 30.3 Å². The molecule has 0 N–H and O–H groups in total. The number of esters is 2. The summed E-state index contributed by atoms with van der Waals surface area (Å²) in [5, 5.41) is 0. The Morgan fingerprint density at radius 1 is 0.818 bits per heavy atom. The van der Waals surface area contributed by atoms with E-state index in [1.165, 1.54) is 14.2 Å². The minimum absolute atomic E-state index is 0.396. The first-order chi connectivity index (χ1) is 10.7. The van der Waals surface area contributed by atoms with Crippen molar-refractivity contribution < 1.29 is 19.1 Å². The zero-order chi connectivity index (χ0) is 15.9. The van der Waals surface area contributed by atoms with Crippen LogP contribution in [0.1, 0.15) is 21.5 Å². The number of hydrogen-bond acceptors (Lipinski definition) is 4. The Morgan fingerprint density at radius 2 is 1.45 bits per heavy atom. The molecule has 0 aliphatic carbocycles. The molecule has 112 valence electrons. The summed E-state index contributed by atoms with van der Waals surface area (Å²) in [4.78, 5) is 23.4. The van der Waals surface area contributed by atoms with Gasteiger partial charge in [0.05, 0.1) is 25.4 Å². The van der Waals surface area contributed by atoms with Crippen molar-refractivity contribution >= 4 is 23.6 Å². The van der Waals surface area contributed by atoms with Crippen LogP contribution in [0.25, 0.3) is 11.6 Å². The molecule has 0 bridgehead atoms. The smallest absolute Gasteiger partial charge is 0.338 e. The minimum atomic E-state index is -0.414. The number of benzene rings is 2. The van der Waals surface area contributed by atoms with Crippen LogP contribution in [0.4, 0.5) is 0 Å². The number of methoxy groups -OCH3 is 2. The fraction of sp³-hybridized carbons (Fsp3) is 0.111. The maximum Gasteiger partial charge on any atom is 0.338 e. The minimum Gasteiger partial charge on any atom is -0.465 e. The number of rotatable bonds is 4. The van der Waals surface area contributed by atoms with E-state index in [0.29, 0.717) is 11.1 Å². The Kier molecular flexibility index (Phi) is 5.09. The molecule has 0 saturated heterocycles. The van der Waals surface area contributed by atoms with E-state index in [1.54, 1.807) is 30.3 Å². The van der Waals surface area contributed by atoms with Crippen LogP contribution in [-0.4, -0.2) is 26.2 Å². The first-order valence-corrected chi connectivity index (χ1v) is 6.69. The molecular weight excluding hydrogens is 280 g/mol. The lowest BCUT2D eigenvalue weighted by atomic mass is 10.0. The van der Waals surface area contributed by atoms with Crippen molar-refractivity contribution in [3.05, 3.63) is 71.3 Å². The van der Waals surface area contributed by atoms with Crippen LogP contribution in [0.15, 0.2) is 54.6 Å². The second kappa shape index (κ2) is 7.22. The van der Waals surface area contributed by atoms with E-state index in [2.05, 4.69) is 4.74 Å². The molecule has 2 aromatic carbocycles. The molecule has 0 amide bonds. The second-order valence-electron chi connectivity index (χ2n) is 4.53. The lowest BCUT2D eigenvalue weighted by Gasteiger charge is -2.06. The highest BCUT2D eigenvalue weighted by atomic mass is 16.5. The van der Waals surface area contributed by atoms with Crippen LogP contribution in [0.2, 0.25) is 0 Å². The van der Waals surface area contributed by atoms with Gasteiger partial charge in [-0.1, -0.05) is 42.5 Å². The van der Waals surface area contributed by atoms with Gasteiger partial charge in [-0.3, -0.25) is 0 Å². The molecule has 0 atom stereocenters. The van der Waals surface area contributed by atoms with E-state index < -0.39 is 11.9 Å². The maximum atomic E-state index is 12.0. The molecule has 0 aliphatic heterocycles. The summed E-state index contributed by atoms with van der Waals surface area (Å²) < 4.78 is 9.49. The molecule has 0 aromatic heterocycles. The van der Waals surface area contributed by atoms with Gasteiger partial charge in [0, 0.05) is 0 Å². The van der Waals surface area contributed by atoms with Crippen LogP contribution >= 0.6 is 0 Å². The number of carbonyl (C=O) groups excluding carboxylic acids is 2. The van der Waals surface area contributed by atoms with E-state index >= 15 is 0 Å². The van der Waals surface area contributed by atoms with Gasteiger partial charge in [0.25, 0.3) is 0 Å². The molecule has 0 saturated carbocycles. The van der Waals surface area contributed by atoms with Crippen molar-refractivity contribution in [1.29, 1.82) is 0 Å². The van der Waals surface area contributed by atoms with E-state index in [4.69, 9.17) is 4.74 Å². The highest BCUT2D eigenvalue weighted by molar-refractivity contribution is 6.21. The van der Waals surface area contributed by atoms with Gasteiger partial charge in [0.1, 0.15) is 0 Å². The van der Waals surface area contributed by atoms with Gasteiger partial charge in [-0.05, 0) is 29.3 Å². The van der Waals surface area contributed by atoms with Gasteiger partial charge in [-0.15, -0.1) is 0 Å². The first-order valence-electron chi connectivity index (χ1n) is 6.69. The molecule has 0 spiro atoms. The van der Waals surface area contributed by atoms with Crippen LogP contribution in [0, 0.1) is 0 Å². The Morgan fingerprint density at radius 3 is 2.00 bits per heavy atom. The topological polar surface area (TPSA) is 52.6 Å². The Balaban J connectivity index is 2.37. The molecule has 0 radical (unpaired) electrons. The standard InChI is InChI=1S/C18H16O4/c1-21-17(19)15-10-8-13(9-11-15)12-16(18(20)22-2)14-6-4-3-5-7-14/h3-12H,1-2H3/b16-12+. The van der Waals surface area contributed by atoms with Gasteiger partial charge in [0.15, 0.2) is 0 Å². The molecule has 0 heterocycles. The van der Waals surface area contributed by atoms with Gasteiger partial charge in [-0.2, -0.15) is 0 Å². The van der Waals surface area contributed by atoms with Crippen LogP contribution < -0.4 is 0 Å². The highest BCUT2D eigenvalue weighted by Crippen LogP contribution is 2.20. The molecule has 2 rings (SSSR count). The molecule has 0 unspecified atom stereocenters. The fourth-order valence-corrected chi connectivity index (χ4v) is 1.99. The summed E-state index contributed by atoms with van der Waals surface area (Å²) >= 11 is 0. The average molecular weight is 296 g/mol. The van der Waals surface area contributed by atoms with E-state index in [9.17, 15) is 9.59 Å². The molecule has 0 fully saturated rings. The third-order valence-corrected chi connectivity index (χ3v) is 3.13. The summed E-state index contributed by atoms with van der Waals surface area (Å²) in [6.07, 6.45) is 1.72. The van der Waals surface area contributed by atoms with Gasteiger partial charge in [-0.25, -0.2) is 9.59 Å². The van der Waals surface area contributed by atoms with Crippen molar-refractivity contribution in [2.24, 2.45) is 0 Å². The van der Waals surface area contributed by atoms with E-state index in [-0.39, 0.29) is 0 Å². The quantitative estimate of drug-likeness (QED) is 0.494. The second-order valence-corrected chi connectivity index (χ2v) is 4.53. The normalized spacial score (nSPS) is 10.9. The number of carbonyl (C=O) groups is 2. The summed E-state index contributed by atoms with van der Waals surface area (Å²) in [6, 6.07) is 16.1. The van der Waals surface area contributed by atoms with Gasteiger partial charge in [0.2, 0.25) is 0 Å². The summed E-state index contributed by atoms with van der Waals surface area (Å²) in [7, 11) is 2.68. The SMILES string of the molecule is COC(=O)/C(=C/c1ccc(C(=O)OC)cc1)c1ccccc1. The Hall–Kier alpha value is -2.88. The van der Waals surface area contributed by atoms with Crippen molar-refractivity contribution in [2.75, 3.05) is 14.2 Å². The lowest BCUT2D eigenvalue weighted by Crippen LogP contribution is -2.04. The third-order valence-electron chi connectivity index (χ3n) is 3.13. The summed E-state index contributed by atoms with van der Waals surface area (Å²) in [5.41, 5.74) is 2.47. The Bertz CT molecular complexity index is 685. The lowest BCUT2D eigenvalue weighted by molar-refractivity contribution is -0.133. The zero-order valence-electron chi connectivity index (χ0n) is 12.4. The average Bonchev–Trinajstić information content (AvgIpc) is 2.59.